The van der Waals surface area contributed by atoms with Crippen molar-refractivity contribution >= 4 is 22.4 Å². The molecule has 0 N–H and O–H groups in total. The van der Waals surface area contributed by atoms with E-state index < -0.39 is 0 Å². The van der Waals surface area contributed by atoms with Crippen LogP contribution in [0.25, 0.3) is 11.3 Å². The van der Waals surface area contributed by atoms with Gasteiger partial charge in [0, 0.05) is 35.9 Å². The number of nitrogens with zero attached hydrogens (tertiary/aromatic N) is 3. The Morgan fingerprint density at radius 2 is 1.83 bits per heavy atom. The molecule has 23 heavy (non-hydrogen) atoms. The molecular weight excluding hydrogens is 310 g/mol. The lowest BCUT2D eigenvalue weighted by atomic mass is 10.2. The van der Waals surface area contributed by atoms with Crippen molar-refractivity contribution in [2.45, 2.75) is 0 Å². The number of rotatable bonds is 4. The first-order valence-electron chi connectivity index (χ1n) is 6.97. The van der Waals surface area contributed by atoms with Gasteiger partial charge in [0.2, 0.25) is 0 Å². The van der Waals surface area contributed by atoms with Gasteiger partial charge in [-0.1, -0.05) is 0 Å². The molecule has 0 fully saturated rings. The van der Waals surface area contributed by atoms with Crippen LogP contribution in [0.1, 0.15) is 10.4 Å². The molecule has 0 unspecified atom stereocenters. The third-order valence-corrected chi connectivity index (χ3v) is 4.31. The first-order valence-corrected chi connectivity index (χ1v) is 7.85. The van der Waals surface area contributed by atoms with E-state index in [0.29, 0.717) is 10.7 Å². The smallest absolute Gasteiger partial charge is 0.259 e. The first-order chi connectivity index (χ1) is 11.2. The Kier molecular flexibility index (Phi) is 4.34. The Balaban J connectivity index is 1.81. The summed E-state index contributed by atoms with van der Waals surface area (Å²) in [6.45, 7) is 0. The summed E-state index contributed by atoms with van der Waals surface area (Å²) in [5.74, 6) is 0.613. The minimum absolute atomic E-state index is 0.108. The van der Waals surface area contributed by atoms with Crippen LogP contribution in [0.15, 0.2) is 54.2 Å². The number of ether oxygens (including phenoxy) is 1. The van der Waals surface area contributed by atoms with Crippen molar-refractivity contribution in [1.82, 2.24) is 9.97 Å². The molecule has 2 heterocycles. The van der Waals surface area contributed by atoms with Gasteiger partial charge in [-0.3, -0.25) is 14.7 Å². The number of benzene rings is 1. The molecule has 116 valence electrons. The van der Waals surface area contributed by atoms with Gasteiger partial charge in [-0.25, -0.2) is 4.98 Å². The van der Waals surface area contributed by atoms with E-state index in [9.17, 15) is 4.79 Å². The lowest BCUT2D eigenvalue weighted by Crippen LogP contribution is -2.25. The quantitative estimate of drug-likeness (QED) is 0.737. The van der Waals surface area contributed by atoms with Crippen LogP contribution >= 0.6 is 11.3 Å². The van der Waals surface area contributed by atoms with Crippen molar-refractivity contribution in [3.63, 3.8) is 0 Å². The van der Waals surface area contributed by atoms with Gasteiger partial charge >= 0.3 is 0 Å². The predicted molar refractivity (Wildman–Crippen MR) is 91.1 cm³/mol. The van der Waals surface area contributed by atoms with Crippen LogP contribution in [-0.4, -0.2) is 30.0 Å². The van der Waals surface area contributed by atoms with Crippen LogP contribution < -0.4 is 9.64 Å². The number of thiazole rings is 1. The number of hydrogen-bond acceptors (Lipinski definition) is 5. The van der Waals surface area contributed by atoms with Gasteiger partial charge in [0.05, 0.1) is 12.8 Å². The van der Waals surface area contributed by atoms with Gasteiger partial charge in [0.15, 0.2) is 5.13 Å². The molecule has 0 saturated carbocycles. The summed E-state index contributed by atoms with van der Waals surface area (Å²) in [6, 6.07) is 10.8. The summed E-state index contributed by atoms with van der Waals surface area (Å²) in [5, 5.41) is 2.58. The average Bonchev–Trinajstić information content (AvgIpc) is 3.11. The molecule has 3 aromatic rings. The fraction of sp³-hybridized carbons (Fsp3) is 0.118. The first kappa shape index (κ1) is 15.2. The minimum atomic E-state index is -0.108. The van der Waals surface area contributed by atoms with Crippen molar-refractivity contribution < 1.29 is 9.53 Å². The van der Waals surface area contributed by atoms with Gasteiger partial charge in [-0.15, -0.1) is 11.3 Å². The Bertz CT molecular complexity index is 800. The summed E-state index contributed by atoms with van der Waals surface area (Å²) in [4.78, 5) is 22.6. The number of carbonyl (C=O) groups excluding carboxylic acids is 1. The molecule has 0 saturated heterocycles. The number of methoxy groups -OCH3 is 1. The molecule has 0 aliphatic heterocycles. The van der Waals surface area contributed by atoms with E-state index in [1.165, 1.54) is 11.3 Å². The molecule has 0 bridgehead atoms. The maximum Gasteiger partial charge on any atom is 0.259 e. The highest BCUT2D eigenvalue weighted by Gasteiger charge is 2.17. The van der Waals surface area contributed by atoms with E-state index >= 15 is 0 Å². The van der Waals surface area contributed by atoms with Gasteiger partial charge in [-0.2, -0.15) is 0 Å². The molecular formula is C17H15N3O2S. The fourth-order valence-corrected chi connectivity index (χ4v) is 2.89. The number of hydrogen-bond donors (Lipinski definition) is 0. The molecule has 0 atom stereocenters. The molecule has 0 aliphatic rings. The molecule has 1 amide bonds. The molecule has 3 rings (SSSR count). The van der Waals surface area contributed by atoms with Crippen molar-refractivity contribution in [2.24, 2.45) is 0 Å². The van der Waals surface area contributed by atoms with Crippen molar-refractivity contribution in [3.8, 4) is 17.0 Å². The molecule has 6 heteroatoms. The molecule has 0 spiro atoms. The molecule has 1 aromatic carbocycles. The highest BCUT2D eigenvalue weighted by molar-refractivity contribution is 7.14. The van der Waals surface area contributed by atoms with E-state index in [0.717, 1.165) is 17.0 Å². The van der Waals surface area contributed by atoms with Crippen molar-refractivity contribution in [1.29, 1.82) is 0 Å². The van der Waals surface area contributed by atoms with Crippen LogP contribution in [0, 0.1) is 0 Å². The van der Waals surface area contributed by atoms with Crippen LogP contribution in [0.3, 0.4) is 0 Å². The number of aromatic nitrogens is 2. The maximum absolute atomic E-state index is 12.5. The zero-order valence-corrected chi connectivity index (χ0v) is 13.6. The van der Waals surface area contributed by atoms with Gasteiger partial charge in [-0.05, 0) is 36.4 Å². The molecule has 0 aliphatic carbocycles. The van der Waals surface area contributed by atoms with E-state index in [4.69, 9.17) is 4.74 Å². The molecule has 2 aromatic heterocycles. The van der Waals surface area contributed by atoms with Gasteiger partial charge < -0.3 is 4.74 Å². The highest BCUT2D eigenvalue weighted by Crippen LogP contribution is 2.27. The second kappa shape index (κ2) is 6.58. The molecule has 0 radical (unpaired) electrons. The monoisotopic (exact) mass is 325 g/mol. The van der Waals surface area contributed by atoms with Gasteiger partial charge in [0.1, 0.15) is 5.75 Å². The lowest BCUT2D eigenvalue weighted by molar-refractivity contribution is 0.0993. The zero-order valence-electron chi connectivity index (χ0n) is 12.8. The van der Waals surface area contributed by atoms with Crippen LogP contribution in [0.5, 0.6) is 5.75 Å². The minimum Gasteiger partial charge on any atom is -0.497 e. The van der Waals surface area contributed by atoms with Crippen LogP contribution in [0.2, 0.25) is 0 Å². The third-order valence-electron chi connectivity index (χ3n) is 3.40. The Morgan fingerprint density at radius 1 is 1.13 bits per heavy atom. The summed E-state index contributed by atoms with van der Waals surface area (Å²) in [7, 11) is 3.32. The topological polar surface area (TPSA) is 55.3 Å². The second-order valence-electron chi connectivity index (χ2n) is 4.84. The lowest BCUT2D eigenvalue weighted by Gasteiger charge is -2.14. The van der Waals surface area contributed by atoms with Gasteiger partial charge in [0.25, 0.3) is 5.91 Å². The van der Waals surface area contributed by atoms with E-state index in [2.05, 4.69) is 9.97 Å². The maximum atomic E-state index is 12.5. The van der Waals surface area contributed by atoms with Crippen LogP contribution in [0.4, 0.5) is 5.13 Å². The number of anilines is 1. The normalized spacial score (nSPS) is 10.3. The third kappa shape index (κ3) is 3.22. The number of pyridine rings is 1. The predicted octanol–water partition coefficient (Wildman–Crippen LogP) is 3.49. The largest absolute Gasteiger partial charge is 0.497 e. The Labute approximate surface area is 138 Å². The Morgan fingerprint density at radius 3 is 2.48 bits per heavy atom. The summed E-state index contributed by atoms with van der Waals surface area (Å²) < 4.78 is 5.11. The highest BCUT2D eigenvalue weighted by atomic mass is 32.1. The van der Waals surface area contributed by atoms with E-state index in [1.54, 1.807) is 55.7 Å². The zero-order chi connectivity index (χ0) is 16.2. The Hall–Kier alpha value is -2.73. The summed E-state index contributed by atoms with van der Waals surface area (Å²) >= 11 is 1.43. The van der Waals surface area contributed by atoms with E-state index in [1.807, 2.05) is 17.5 Å². The number of amides is 1. The average molecular weight is 325 g/mol. The number of carbonyl (C=O) groups is 1. The summed E-state index contributed by atoms with van der Waals surface area (Å²) in [6.07, 6.45) is 3.45. The van der Waals surface area contributed by atoms with Crippen molar-refractivity contribution in [3.05, 3.63) is 59.7 Å². The standard InChI is InChI=1S/C17H15N3O2S/c1-20(16(21)13-3-5-14(22-2)6-4-13)17-19-15(11-23-17)12-7-9-18-10-8-12/h3-11H,1-2H3. The molecule has 5 nitrogen and oxygen atoms in total. The van der Waals surface area contributed by atoms with E-state index in [-0.39, 0.29) is 5.91 Å². The summed E-state index contributed by atoms with van der Waals surface area (Å²) in [5.41, 5.74) is 2.41. The SMILES string of the molecule is COc1ccc(C(=O)N(C)c2nc(-c3ccncc3)cs2)cc1. The second-order valence-corrected chi connectivity index (χ2v) is 5.68. The fourth-order valence-electron chi connectivity index (χ4n) is 2.09. The van der Waals surface area contributed by atoms with Crippen LogP contribution in [-0.2, 0) is 0 Å². The van der Waals surface area contributed by atoms with Crippen molar-refractivity contribution in [2.75, 3.05) is 19.1 Å².